The molecule has 0 bridgehead atoms. The van der Waals surface area contributed by atoms with Crippen molar-refractivity contribution in [2.45, 2.75) is 19.5 Å². The van der Waals surface area contributed by atoms with Gasteiger partial charge in [0.15, 0.2) is 17.3 Å². The normalized spacial score (nSPS) is 14.2. The number of aromatic nitrogens is 2. The van der Waals surface area contributed by atoms with Crippen LogP contribution in [0.2, 0.25) is 0 Å². The summed E-state index contributed by atoms with van der Waals surface area (Å²) in [5, 5.41) is 29.1. The Hall–Kier alpha value is -3.12. The average Bonchev–Trinajstić information content (AvgIpc) is 2.66. The number of phenolic OH excluding ortho intramolecular Hbond substituents is 3. The van der Waals surface area contributed by atoms with Crippen LogP contribution in [-0.4, -0.2) is 36.7 Å². The first kappa shape index (κ1) is 16.4. The number of benzene rings is 2. The first-order chi connectivity index (χ1) is 12.6. The molecule has 6 heteroatoms. The third-order valence-electron chi connectivity index (χ3n) is 4.61. The molecule has 0 spiro atoms. The van der Waals surface area contributed by atoms with Crippen LogP contribution in [0.4, 0.5) is 0 Å². The molecule has 2 aromatic carbocycles. The maximum atomic E-state index is 9.98. The van der Waals surface area contributed by atoms with E-state index in [-0.39, 0.29) is 17.2 Å². The first-order valence-electron chi connectivity index (χ1n) is 8.46. The van der Waals surface area contributed by atoms with Crippen molar-refractivity contribution in [2.24, 2.45) is 0 Å². The van der Waals surface area contributed by atoms with E-state index in [1.807, 2.05) is 36.5 Å². The van der Waals surface area contributed by atoms with Gasteiger partial charge in [-0.1, -0.05) is 30.3 Å². The minimum atomic E-state index is -0.322. The summed E-state index contributed by atoms with van der Waals surface area (Å²) in [7, 11) is 0. The molecule has 3 N–H and O–H groups in total. The number of nitrogens with zero attached hydrogens (tertiary/aromatic N) is 3. The lowest BCUT2D eigenvalue weighted by Crippen LogP contribution is -2.31. The molecule has 0 saturated heterocycles. The van der Waals surface area contributed by atoms with Gasteiger partial charge in [-0.25, -0.2) is 9.97 Å². The minimum absolute atomic E-state index is 0.0261. The van der Waals surface area contributed by atoms with Crippen LogP contribution in [0.15, 0.2) is 48.7 Å². The molecule has 0 radical (unpaired) electrons. The van der Waals surface area contributed by atoms with E-state index in [1.54, 1.807) is 0 Å². The number of hydrogen-bond donors (Lipinski definition) is 3. The zero-order valence-electron chi connectivity index (χ0n) is 14.1. The van der Waals surface area contributed by atoms with Crippen LogP contribution >= 0.6 is 0 Å². The fourth-order valence-electron chi connectivity index (χ4n) is 3.21. The molecule has 0 atom stereocenters. The van der Waals surface area contributed by atoms with Crippen LogP contribution in [0.3, 0.4) is 0 Å². The van der Waals surface area contributed by atoms with Gasteiger partial charge in [0.25, 0.3) is 0 Å². The number of fused-ring (bicyclic) bond motifs is 1. The second kappa shape index (κ2) is 6.65. The Kier molecular flexibility index (Phi) is 4.18. The van der Waals surface area contributed by atoms with Gasteiger partial charge in [0, 0.05) is 55.0 Å². The highest BCUT2D eigenvalue weighted by atomic mass is 16.3. The van der Waals surface area contributed by atoms with Gasteiger partial charge in [0.2, 0.25) is 0 Å². The number of phenols is 3. The predicted octanol–water partition coefficient (Wildman–Crippen LogP) is 2.82. The molecule has 1 aliphatic heterocycles. The number of rotatable bonds is 3. The SMILES string of the molecule is Oc1cc(O)c(CN2CCc3nc(-c4ccccc4)ncc3C2)cc1O. The van der Waals surface area contributed by atoms with E-state index in [4.69, 9.17) is 4.98 Å². The van der Waals surface area contributed by atoms with Crippen molar-refractivity contribution in [1.29, 1.82) is 0 Å². The van der Waals surface area contributed by atoms with Crippen molar-refractivity contribution >= 4 is 0 Å². The topological polar surface area (TPSA) is 89.7 Å². The van der Waals surface area contributed by atoms with Gasteiger partial charge in [-0.15, -0.1) is 0 Å². The van der Waals surface area contributed by atoms with Gasteiger partial charge in [-0.3, -0.25) is 4.90 Å². The second-order valence-corrected chi connectivity index (χ2v) is 6.46. The van der Waals surface area contributed by atoms with E-state index in [9.17, 15) is 15.3 Å². The van der Waals surface area contributed by atoms with E-state index in [2.05, 4.69) is 9.88 Å². The highest BCUT2D eigenvalue weighted by molar-refractivity contribution is 5.55. The Morgan fingerprint density at radius 3 is 2.54 bits per heavy atom. The van der Waals surface area contributed by atoms with E-state index < -0.39 is 0 Å². The Morgan fingerprint density at radius 2 is 1.73 bits per heavy atom. The van der Waals surface area contributed by atoms with Crippen LogP contribution in [0.25, 0.3) is 11.4 Å². The third-order valence-corrected chi connectivity index (χ3v) is 4.61. The minimum Gasteiger partial charge on any atom is -0.507 e. The summed E-state index contributed by atoms with van der Waals surface area (Å²) in [5.41, 5.74) is 3.69. The zero-order valence-corrected chi connectivity index (χ0v) is 14.1. The highest BCUT2D eigenvalue weighted by Crippen LogP contribution is 2.33. The second-order valence-electron chi connectivity index (χ2n) is 6.46. The van der Waals surface area contributed by atoms with Gasteiger partial charge in [0.05, 0.1) is 5.69 Å². The molecule has 3 aromatic rings. The molecular formula is C20H19N3O3. The van der Waals surface area contributed by atoms with Crippen LogP contribution in [-0.2, 0) is 19.5 Å². The van der Waals surface area contributed by atoms with Crippen LogP contribution in [0.5, 0.6) is 17.2 Å². The summed E-state index contributed by atoms with van der Waals surface area (Å²) in [6, 6.07) is 12.5. The van der Waals surface area contributed by atoms with Crippen molar-refractivity contribution < 1.29 is 15.3 Å². The molecule has 1 aliphatic rings. The summed E-state index contributed by atoms with van der Waals surface area (Å²) in [4.78, 5) is 11.3. The molecule has 1 aromatic heterocycles. The van der Waals surface area contributed by atoms with E-state index >= 15 is 0 Å². The maximum absolute atomic E-state index is 9.98. The molecule has 4 rings (SSSR count). The van der Waals surface area contributed by atoms with E-state index in [0.717, 1.165) is 41.7 Å². The number of aromatic hydroxyl groups is 3. The van der Waals surface area contributed by atoms with Gasteiger partial charge in [0.1, 0.15) is 5.75 Å². The van der Waals surface area contributed by atoms with E-state index in [0.29, 0.717) is 18.7 Å². The summed E-state index contributed by atoms with van der Waals surface area (Å²) in [6.45, 7) is 1.93. The highest BCUT2D eigenvalue weighted by Gasteiger charge is 2.20. The molecule has 2 heterocycles. The molecule has 0 aliphatic carbocycles. The molecule has 132 valence electrons. The van der Waals surface area contributed by atoms with Gasteiger partial charge in [-0.05, 0) is 6.07 Å². The van der Waals surface area contributed by atoms with Crippen molar-refractivity contribution in [1.82, 2.24) is 14.9 Å². The van der Waals surface area contributed by atoms with E-state index in [1.165, 1.54) is 6.07 Å². The van der Waals surface area contributed by atoms with Crippen molar-refractivity contribution in [2.75, 3.05) is 6.54 Å². The first-order valence-corrected chi connectivity index (χ1v) is 8.46. The molecule has 0 amide bonds. The summed E-state index contributed by atoms with van der Waals surface area (Å²) >= 11 is 0. The summed E-state index contributed by atoms with van der Waals surface area (Å²) < 4.78 is 0. The monoisotopic (exact) mass is 349 g/mol. The lowest BCUT2D eigenvalue weighted by molar-refractivity contribution is 0.239. The predicted molar refractivity (Wildman–Crippen MR) is 96.7 cm³/mol. The molecule has 0 unspecified atom stereocenters. The van der Waals surface area contributed by atoms with Gasteiger partial charge in [-0.2, -0.15) is 0 Å². The van der Waals surface area contributed by atoms with Crippen LogP contribution in [0.1, 0.15) is 16.8 Å². The van der Waals surface area contributed by atoms with Gasteiger partial charge < -0.3 is 15.3 Å². The summed E-state index contributed by atoms with van der Waals surface area (Å²) in [6.07, 6.45) is 2.66. The lowest BCUT2D eigenvalue weighted by Gasteiger charge is -2.28. The molecule has 0 fully saturated rings. The van der Waals surface area contributed by atoms with Crippen LogP contribution in [0, 0.1) is 0 Å². The van der Waals surface area contributed by atoms with Crippen LogP contribution < -0.4 is 0 Å². The van der Waals surface area contributed by atoms with Gasteiger partial charge >= 0.3 is 0 Å². The molecule has 26 heavy (non-hydrogen) atoms. The average molecular weight is 349 g/mol. The molecule has 0 saturated carbocycles. The standard InChI is InChI=1S/C20H19N3O3/c24-17-9-19(26)18(25)8-14(17)11-23-7-6-16-15(12-23)10-21-20(22-16)13-4-2-1-3-5-13/h1-5,8-10,24-26H,6-7,11-12H2. The summed E-state index contributed by atoms with van der Waals surface area (Å²) in [5.74, 6) is 0.156. The fourth-order valence-corrected chi connectivity index (χ4v) is 3.21. The lowest BCUT2D eigenvalue weighted by atomic mass is 10.1. The number of hydrogen-bond acceptors (Lipinski definition) is 6. The Bertz CT molecular complexity index is 945. The Morgan fingerprint density at radius 1 is 0.962 bits per heavy atom. The molecule has 6 nitrogen and oxygen atoms in total. The smallest absolute Gasteiger partial charge is 0.161 e. The third kappa shape index (κ3) is 3.19. The van der Waals surface area contributed by atoms with Crippen molar-refractivity contribution in [3.63, 3.8) is 0 Å². The van der Waals surface area contributed by atoms with Crippen molar-refractivity contribution in [3.05, 3.63) is 65.5 Å². The Labute approximate surface area is 151 Å². The molecular weight excluding hydrogens is 330 g/mol. The quantitative estimate of drug-likeness (QED) is 0.498. The maximum Gasteiger partial charge on any atom is 0.161 e. The fraction of sp³-hybridized carbons (Fsp3) is 0.200. The largest absolute Gasteiger partial charge is 0.507 e. The van der Waals surface area contributed by atoms with Crippen molar-refractivity contribution in [3.8, 4) is 28.6 Å². The Balaban J connectivity index is 1.53. The zero-order chi connectivity index (χ0) is 18.1.